The molecule has 0 aliphatic rings. The van der Waals surface area contributed by atoms with Gasteiger partial charge < -0.3 is 0 Å². The van der Waals surface area contributed by atoms with Gasteiger partial charge in [-0.15, -0.1) is 0 Å². The van der Waals surface area contributed by atoms with Crippen LogP contribution >= 0.6 is 31.9 Å². The van der Waals surface area contributed by atoms with E-state index in [2.05, 4.69) is 92.5 Å². The SMILES string of the molecule is Brc1c(Br)c2cc3ccccc3cc2c2ccccc12. The van der Waals surface area contributed by atoms with Crippen LogP contribution in [0.1, 0.15) is 0 Å². The molecular formula is C18H10Br2. The Morgan fingerprint density at radius 2 is 1.00 bits per heavy atom. The summed E-state index contributed by atoms with van der Waals surface area (Å²) in [6.07, 6.45) is 0. The van der Waals surface area contributed by atoms with Crippen molar-refractivity contribution >= 4 is 64.2 Å². The van der Waals surface area contributed by atoms with Crippen LogP contribution in [0.15, 0.2) is 69.6 Å². The van der Waals surface area contributed by atoms with Crippen LogP contribution in [0.3, 0.4) is 0 Å². The molecule has 0 amide bonds. The van der Waals surface area contributed by atoms with E-state index in [9.17, 15) is 0 Å². The second kappa shape index (κ2) is 4.57. The molecule has 0 atom stereocenters. The van der Waals surface area contributed by atoms with Crippen LogP contribution in [0.2, 0.25) is 0 Å². The minimum atomic E-state index is 1.12. The molecule has 0 radical (unpaired) electrons. The molecule has 0 saturated heterocycles. The van der Waals surface area contributed by atoms with Crippen molar-refractivity contribution in [3.8, 4) is 0 Å². The maximum absolute atomic E-state index is 3.74. The van der Waals surface area contributed by atoms with E-state index in [1.165, 1.54) is 32.3 Å². The molecule has 0 saturated carbocycles. The summed E-state index contributed by atoms with van der Waals surface area (Å²) in [5.74, 6) is 0. The highest BCUT2D eigenvalue weighted by Crippen LogP contribution is 2.40. The normalized spacial score (nSPS) is 11.5. The molecule has 4 aromatic carbocycles. The fourth-order valence-electron chi connectivity index (χ4n) is 2.79. The van der Waals surface area contributed by atoms with Gasteiger partial charge >= 0.3 is 0 Å². The van der Waals surface area contributed by atoms with Crippen LogP contribution in [0.5, 0.6) is 0 Å². The van der Waals surface area contributed by atoms with Gasteiger partial charge in [0.2, 0.25) is 0 Å². The molecule has 4 aromatic rings. The summed E-state index contributed by atoms with van der Waals surface area (Å²) >= 11 is 7.46. The summed E-state index contributed by atoms with van der Waals surface area (Å²) in [6, 6.07) is 21.5. The van der Waals surface area contributed by atoms with Crippen molar-refractivity contribution in [1.29, 1.82) is 0 Å². The Morgan fingerprint density at radius 1 is 0.500 bits per heavy atom. The number of fused-ring (bicyclic) bond motifs is 4. The van der Waals surface area contributed by atoms with Crippen molar-refractivity contribution in [3.63, 3.8) is 0 Å². The monoisotopic (exact) mass is 384 g/mol. The van der Waals surface area contributed by atoms with E-state index in [0.29, 0.717) is 0 Å². The van der Waals surface area contributed by atoms with E-state index in [0.717, 1.165) is 8.95 Å². The summed E-state index contributed by atoms with van der Waals surface area (Å²) in [5, 5.41) is 7.59. The molecule has 0 fully saturated rings. The minimum absolute atomic E-state index is 1.12. The fraction of sp³-hybridized carbons (Fsp3) is 0. The van der Waals surface area contributed by atoms with Crippen molar-refractivity contribution in [2.45, 2.75) is 0 Å². The first kappa shape index (κ1) is 12.4. The first-order chi connectivity index (χ1) is 9.75. The smallest absolute Gasteiger partial charge is 0.0402 e. The Balaban J connectivity index is 2.33. The highest BCUT2D eigenvalue weighted by molar-refractivity contribution is 9.13. The van der Waals surface area contributed by atoms with E-state index >= 15 is 0 Å². The Labute approximate surface area is 133 Å². The third kappa shape index (κ3) is 1.72. The molecule has 20 heavy (non-hydrogen) atoms. The summed E-state index contributed by atoms with van der Waals surface area (Å²) in [5.41, 5.74) is 0. The average molecular weight is 386 g/mol. The molecular weight excluding hydrogens is 376 g/mol. The fourth-order valence-corrected chi connectivity index (χ4v) is 3.89. The van der Waals surface area contributed by atoms with Crippen LogP contribution in [0, 0.1) is 0 Å². The number of halogens is 2. The first-order valence-corrected chi connectivity index (χ1v) is 8.02. The quantitative estimate of drug-likeness (QED) is 0.234. The van der Waals surface area contributed by atoms with Gasteiger partial charge in [-0.2, -0.15) is 0 Å². The largest absolute Gasteiger partial charge is 0.0616 e. The Kier molecular flexibility index (Phi) is 2.83. The lowest BCUT2D eigenvalue weighted by molar-refractivity contribution is 1.71. The molecule has 0 aliphatic carbocycles. The molecule has 0 aliphatic heterocycles. The molecule has 0 nitrogen and oxygen atoms in total. The zero-order chi connectivity index (χ0) is 13.7. The molecule has 96 valence electrons. The maximum Gasteiger partial charge on any atom is 0.0402 e. The molecule has 2 heteroatoms. The predicted molar refractivity (Wildman–Crippen MR) is 94.4 cm³/mol. The number of hydrogen-bond donors (Lipinski definition) is 0. The van der Waals surface area contributed by atoms with E-state index in [-0.39, 0.29) is 0 Å². The van der Waals surface area contributed by atoms with Gasteiger partial charge in [0, 0.05) is 8.95 Å². The molecule has 0 aromatic heterocycles. The number of rotatable bonds is 0. The summed E-state index contributed by atoms with van der Waals surface area (Å²) < 4.78 is 2.24. The maximum atomic E-state index is 3.74. The lowest BCUT2D eigenvalue weighted by Gasteiger charge is -2.11. The van der Waals surface area contributed by atoms with E-state index < -0.39 is 0 Å². The second-order valence-electron chi connectivity index (χ2n) is 4.92. The van der Waals surface area contributed by atoms with Crippen molar-refractivity contribution < 1.29 is 0 Å². The summed E-state index contributed by atoms with van der Waals surface area (Å²) in [4.78, 5) is 0. The Morgan fingerprint density at radius 3 is 1.70 bits per heavy atom. The molecule has 0 heterocycles. The van der Waals surface area contributed by atoms with Gasteiger partial charge in [0.05, 0.1) is 0 Å². The predicted octanol–water partition coefficient (Wildman–Crippen LogP) is 6.67. The molecule has 0 unspecified atom stereocenters. The number of benzene rings is 4. The third-order valence-electron chi connectivity index (χ3n) is 3.77. The summed E-state index contributed by atoms with van der Waals surface area (Å²) in [6.45, 7) is 0. The van der Waals surface area contributed by atoms with Crippen molar-refractivity contribution in [2.24, 2.45) is 0 Å². The van der Waals surface area contributed by atoms with Crippen LogP contribution in [0.25, 0.3) is 32.3 Å². The second-order valence-corrected chi connectivity index (χ2v) is 6.50. The molecule has 0 spiro atoms. The highest BCUT2D eigenvalue weighted by Gasteiger charge is 2.11. The lowest BCUT2D eigenvalue weighted by Crippen LogP contribution is -1.83. The van der Waals surface area contributed by atoms with E-state index in [1.807, 2.05) is 0 Å². The van der Waals surface area contributed by atoms with Gasteiger partial charge in [-0.05, 0) is 76.3 Å². The van der Waals surface area contributed by atoms with Crippen molar-refractivity contribution in [3.05, 3.63) is 69.6 Å². The topological polar surface area (TPSA) is 0 Å². The van der Waals surface area contributed by atoms with Gasteiger partial charge in [-0.25, -0.2) is 0 Å². The average Bonchev–Trinajstić information content (AvgIpc) is 2.51. The molecule has 0 bridgehead atoms. The Hall–Kier alpha value is -1.38. The van der Waals surface area contributed by atoms with Crippen LogP contribution in [0.4, 0.5) is 0 Å². The van der Waals surface area contributed by atoms with Crippen molar-refractivity contribution in [1.82, 2.24) is 0 Å². The molecule has 4 rings (SSSR count). The summed E-state index contributed by atoms with van der Waals surface area (Å²) in [7, 11) is 0. The Bertz CT molecular complexity index is 971. The van der Waals surface area contributed by atoms with E-state index in [4.69, 9.17) is 0 Å². The minimum Gasteiger partial charge on any atom is -0.0616 e. The van der Waals surface area contributed by atoms with Gasteiger partial charge in [-0.1, -0.05) is 48.5 Å². The zero-order valence-electron chi connectivity index (χ0n) is 10.5. The number of hydrogen-bond acceptors (Lipinski definition) is 0. The third-order valence-corrected chi connectivity index (χ3v) is 5.95. The van der Waals surface area contributed by atoms with Crippen molar-refractivity contribution in [2.75, 3.05) is 0 Å². The standard InChI is InChI=1S/C18H10Br2/c19-17-14-8-4-3-7-13(14)15-9-11-5-1-2-6-12(11)10-16(15)18(17)20/h1-10H. The zero-order valence-corrected chi connectivity index (χ0v) is 13.7. The van der Waals surface area contributed by atoms with Gasteiger partial charge in [-0.3, -0.25) is 0 Å². The lowest BCUT2D eigenvalue weighted by atomic mass is 9.98. The van der Waals surface area contributed by atoms with Gasteiger partial charge in [0.15, 0.2) is 0 Å². The van der Waals surface area contributed by atoms with Crippen LogP contribution in [-0.2, 0) is 0 Å². The van der Waals surface area contributed by atoms with Crippen LogP contribution in [-0.4, -0.2) is 0 Å². The molecule has 0 N–H and O–H groups in total. The first-order valence-electron chi connectivity index (χ1n) is 6.44. The van der Waals surface area contributed by atoms with E-state index in [1.54, 1.807) is 0 Å². The van der Waals surface area contributed by atoms with Gasteiger partial charge in [0.25, 0.3) is 0 Å². The van der Waals surface area contributed by atoms with Gasteiger partial charge in [0.1, 0.15) is 0 Å². The highest BCUT2D eigenvalue weighted by atomic mass is 79.9. The van der Waals surface area contributed by atoms with Crippen LogP contribution < -0.4 is 0 Å².